The second-order valence-electron chi connectivity index (χ2n) is 4.32. The maximum Gasteiger partial charge on any atom is 0.321 e. The van der Waals surface area contributed by atoms with Gasteiger partial charge < -0.3 is 9.84 Å². The Kier molecular flexibility index (Phi) is 2.91. The van der Waals surface area contributed by atoms with Gasteiger partial charge in [-0.1, -0.05) is 28.9 Å². The highest BCUT2D eigenvalue weighted by Crippen LogP contribution is 2.24. The van der Waals surface area contributed by atoms with Gasteiger partial charge in [0.1, 0.15) is 5.82 Å². The second kappa shape index (κ2) is 4.57. The Bertz CT molecular complexity index is 568. The molecule has 1 N–H and O–H groups in total. The third kappa shape index (κ3) is 2.46. The fourth-order valence-electron chi connectivity index (χ4n) is 1.64. The lowest BCUT2D eigenvalue weighted by Crippen LogP contribution is -2.01. The number of nitrogens with one attached hydrogen (secondary N) is 1. The van der Waals surface area contributed by atoms with Gasteiger partial charge in [0.2, 0.25) is 0 Å². The summed E-state index contributed by atoms with van der Waals surface area (Å²) in [7, 11) is 0. The van der Waals surface area contributed by atoms with Gasteiger partial charge in [-0.15, -0.1) is 0 Å². The van der Waals surface area contributed by atoms with Crippen molar-refractivity contribution >= 4 is 17.6 Å². The molecule has 6 heteroatoms. The topological polar surface area (TPSA) is 51.0 Å². The van der Waals surface area contributed by atoms with Crippen LogP contribution in [0.25, 0.3) is 0 Å². The minimum Gasteiger partial charge on any atom is -0.335 e. The van der Waals surface area contributed by atoms with Crippen LogP contribution in [-0.2, 0) is 6.42 Å². The van der Waals surface area contributed by atoms with Gasteiger partial charge in [-0.25, -0.2) is 4.39 Å². The quantitative estimate of drug-likeness (QED) is 0.925. The Morgan fingerprint density at radius 3 is 3.06 bits per heavy atom. The molecule has 1 heterocycles. The van der Waals surface area contributed by atoms with Crippen LogP contribution < -0.4 is 5.32 Å². The van der Waals surface area contributed by atoms with E-state index in [9.17, 15) is 4.39 Å². The highest BCUT2D eigenvalue weighted by Gasteiger charge is 2.23. The van der Waals surface area contributed by atoms with Crippen LogP contribution in [0.3, 0.4) is 0 Å². The van der Waals surface area contributed by atoms with Crippen molar-refractivity contribution in [1.29, 1.82) is 0 Å². The SMILES string of the molecule is Fc1c(Cl)cccc1Cc1noc(NC2CC2)n1. The number of hydrogen-bond donors (Lipinski definition) is 1. The first kappa shape index (κ1) is 11.5. The Morgan fingerprint density at radius 1 is 1.44 bits per heavy atom. The van der Waals surface area contributed by atoms with E-state index in [1.54, 1.807) is 12.1 Å². The van der Waals surface area contributed by atoms with Crippen molar-refractivity contribution in [2.75, 3.05) is 5.32 Å². The Morgan fingerprint density at radius 2 is 2.28 bits per heavy atom. The van der Waals surface area contributed by atoms with Gasteiger partial charge in [-0.05, 0) is 24.5 Å². The molecule has 0 spiro atoms. The fourth-order valence-corrected chi connectivity index (χ4v) is 1.84. The molecule has 94 valence electrons. The van der Waals surface area contributed by atoms with Crippen molar-refractivity contribution in [2.24, 2.45) is 0 Å². The lowest BCUT2D eigenvalue weighted by Gasteiger charge is -2.00. The normalized spacial score (nSPS) is 14.8. The van der Waals surface area contributed by atoms with Gasteiger partial charge in [0.05, 0.1) is 5.02 Å². The van der Waals surface area contributed by atoms with Gasteiger partial charge in [0.25, 0.3) is 0 Å². The first-order valence-electron chi connectivity index (χ1n) is 5.74. The van der Waals surface area contributed by atoms with Crippen LogP contribution in [0.2, 0.25) is 5.02 Å². The summed E-state index contributed by atoms with van der Waals surface area (Å²) in [6.45, 7) is 0. The minimum absolute atomic E-state index is 0.104. The molecule has 1 saturated carbocycles. The molecule has 0 bridgehead atoms. The van der Waals surface area contributed by atoms with Crippen LogP contribution in [0.4, 0.5) is 10.4 Å². The van der Waals surface area contributed by atoms with Gasteiger partial charge in [0, 0.05) is 12.5 Å². The van der Waals surface area contributed by atoms with E-state index < -0.39 is 5.82 Å². The predicted molar refractivity (Wildman–Crippen MR) is 65.2 cm³/mol. The average molecular weight is 268 g/mol. The van der Waals surface area contributed by atoms with E-state index in [0.717, 1.165) is 12.8 Å². The third-order valence-corrected chi connectivity index (χ3v) is 3.05. The number of rotatable bonds is 4. The molecular weight excluding hydrogens is 257 g/mol. The van der Waals surface area contributed by atoms with Gasteiger partial charge in [0.15, 0.2) is 5.82 Å². The summed E-state index contributed by atoms with van der Waals surface area (Å²) >= 11 is 5.71. The molecule has 0 unspecified atom stereocenters. The van der Waals surface area contributed by atoms with Crippen LogP contribution in [0.1, 0.15) is 24.2 Å². The molecule has 1 aromatic heterocycles. The standard InChI is InChI=1S/C12H11ClFN3O/c13-9-3-1-2-7(11(9)14)6-10-16-12(18-17-10)15-8-4-5-8/h1-3,8H,4-6H2,(H,15,16,17). The van der Waals surface area contributed by atoms with Crippen LogP contribution in [0, 0.1) is 5.82 Å². The summed E-state index contributed by atoms with van der Waals surface area (Å²) in [4.78, 5) is 4.16. The predicted octanol–water partition coefficient (Wildman–Crippen LogP) is 3.03. The number of hydrogen-bond acceptors (Lipinski definition) is 4. The molecule has 0 aliphatic heterocycles. The van der Waals surface area contributed by atoms with E-state index in [4.69, 9.17) is 16.1 Å². The van der Waals surface area contributed by atoms with E-state index >= 15 is 0 Å². The molecule has 1 aromatic carbocycles. The summed E-state index contributed by atoms with van der Waals surface area (Å²) < 4.78 is 18.7. The number of nitrogens with zero attached hydrogens (tertiary/aromatic N) is 2. The highest BCUT2D eigenvalue weighted by atomic mass is 35.5. The Hall–Kier alpha value is -1.62. The first-order chi connectivity index (χ1) is 8.72. The number of benzene rings is 1. The molecule has 2 aromatic rings. The monoisotopic (exact) mass is 267 g/mol. The fraction of sp³-hybridized carbons (Fsp3) is 0.333. The maximum atomic E-state index is 13.7. The van der Waals surface area contributed by atoms with Crippen LogP contribution in [-0.4, -0.2) is 16.2 Å². The summed E-state index contributed by atoms with van der Waals surface area (Å²) in [6.07, 6.45) is 2.52. The molecule has 18 heavy (non-hydrogen) atoms. The minimum atomic E-state index is -0.430. The van der Waals surface area contributed by atoms with E-state index in [2.05, 4.69) is 15.5 Å². The van der Waals surface area contributed by atoms with Crippen molar-refractivity contribution < 1.29 is 8.91 Å². The molecule has 4 nitrogen and oxygen atoms in total. The van der Waals surface area contributed by atoms with E-state index in [1.807, 2.05) is 0 Å². The zero-order valence-electron chi connectivity index (χ0n) is 9.49. The second-order valence-corrected chi connectivity index (χ2v) is 4.73. The van der Waals surface area contributed by atoms with Gasteiger partial charge in [-0.3, -0.25) is 0 Å². The molecule has 1 aliphatic carbocycles. The van der Waals surface area contributed by atoms with E-state index in [1.165, 1.54) is 6.07 Å². The third-order valence-electron chi connectivity index (χ3n) is 2.75. The lowest BCUT2D eigenvalue weighted by molar-refractivity contribution is 0.423. The van der Waals surface area contributed by atoms with Crippen LogP contribution >= 0.6 is 11.6 Å². The molecule has 0 atom stereocenters. The maximum absolute atomic E-state index is 13.7. The van der Waals surface area contributed by atoms with Crippen molar-refractivity contribution in [3.8, 4) is 0 Å². The summed E-state index contributed by atoms with van der Waals surface area (Å²) in [6, 6.07) is 5.71. The Labute approximate surface area is 108 Å². The highest BCUT2D eigenvalue weighted by molar-refractivity contribution is 6.30. The molecular formula is C12H11ClFN3O. The number of aromatic nitrogens is 2. The van der Waals surface area contributed by atoms with Gasteiger partial charge >= 0.3 is 6.01 Å². The largest absolute Gasteiger partial charge is 0.335 e. The molecule has 0 saturated heterocycles. The van der Waals surface area contributed by atoms with Gasteiger partial charge in [-0.2, -0.15) is 4.98 Å². The van der Waals surface area contributed by atoms with Crippen molar-refractivity contribution in [3.63, 3.8) is 0 Å². The van der Waals surface area contributed by atoms with Crippen molar-refractivity contribution in [1.82, 2.24) is 10.1 Å². The zero-order valence-corrected chi connectivity index (χ0v) is 10.2. The van der Waals surface area contributed by atoms with E-state index in [0.29, 0.717) is 23.4 Å². The number of halogens is 2. The average Bonchev–Trinajstić information content (AvgIpc) is 3.05. The summed E-state index contributed by atoms with van der Waals surface area (Å²) in [5.74, 6) is 0.0139. The molecule has 3 rings (SSSR count). The Balaban J connectivity index is 1.74. The lowest BCUT2D eigenvalue weighted by atomic mass is 10.1. The molecule has 1 aliphatic rings. The molecule has 0 radical (unpaired) electrons. The molecule has 1 fully saturated rings. The number of anilines is 1. The van der Waals surface area contributed by atoms with Crippen LogP contribution in [0.15, 0.2) is 22.7 Å². The molecule has 0 amide bonds. The van der Waals surface area contributed by atoms with Crippen molar-refractivity contribution in [2.45, 2.75) is 25.3 Å². The smallest absolute Gasteiger partial charge is 0.321 e. The van der Waals surface area contributed by atoms with E-state index in [-0.39, 0.29) is 11.4 Å². The summed E-state index contributed by atoms with van der Waals surface area (Å²) in [5.41, 5.74) is 0.460. The zero-order chi connectivity index (χ0) is 12.5. The first-order valence-corrected chi connectivity index (χ1v) is 6.12. The van der Waals surface area contributed by atoms with Crippen LogP contribution in [0.5, 0.6) is 0 Å². The van der Waals surface area contributed by atoms with Crippen molar-refractivity contribution in [3.05, 3.63) is 40.4 Å². The summed E-state index contributed by atoms with van der Waals surface area (Å²) in [5, 5.41) is 7.00.